The predicted octanol–water partition coefficient (Wildman–Crippen LogP) is 12.3. The van der Waals surface area contributed by atoms with Crippen LogP contribution in [0.5, 0.6) is 0 Å². The normalized spacial score (nSPS) is 26.6. The lowest BCUT2D eigenvalue weighted by Gasteiger charge is -2.57. The van der Waals surface area contributed by atoms with E-state index in [1.165, 1.54) is 139 Å². The Hall–Kier alpha value is -4.24. The van der Waals surface area contributed by atoms with Crippen LogP contribution in [0.25, 0.3) is 32.7 Å². The lowest BCUT2D eigenvalue weighted by atomic mass is 9.52. The van der Waals surface area contributed by atoms with Crippen molar-refractivity contribution in [3.05, 3.63) is 131 Å². The molecule has 6 aromatic rings. The summed E-state index contributed by atoms with van der Waals surface area (Å²) in [7, 11) is 0. The van der Waals surface area contributed by atoms with Gasteiger partial charge in [0.25, 0.3) is 0 Å². The average Bonchev–Trinajstić information content (AvgIpc) is 3.48. The summed E-state index contributed by atoms with van der Waals surface area (Å²) in [5.41, 5.74) is 11.3. The molecule has 4 fully saturated rings. The van der Waals surface area contributed by atoms with Crippen LogP contribution in [0.15, 0.2) is 114 Å². The number of nitrogens with one attached hydrogen (secondary N) is 2. The van der Waals surface area contributed by atoms with E-state index in [1.807, 2.05) is 5.57 Å². The summed E-state index contributed by atoms with van der Waals surface area (Å²) < 4.78 is 0. The fourth-order valence-electron chi connectivity index (χ4n) is 12.1. The molecular weight excluding hydrogens is 619 g/mol. The van der Waals surface area contributed by atoms with Crippen LogP contribution in [0.4, 0.5) is 0 Å². The highest BCUT2D eigenvalue weighted by Gasteiger charge is 2.73. The van der Waals surface area contributed by atoms with Crippen molar-refractivity contribution >= 4 is 32.7 Å². The molecule has 2 unspecified atom stereocenters. The van der Waals surface area contributed by atoms with Crippen molar-refractivity contribution in [1.82, 2.24) is 14.9 Å². The minimum atomic E-state index is -0.355. The monoisotopic (exact) mass is 669 g/mol. The maximum absolute atomic E-state index is 4.26. The molecule has 0 amide bonds. The van der Waals surface area contributed by atoms with Crippen molar-refractivity contribution in [2.24, 2.45) is 17.8 Å². The number of hydrogen-bond donors (Lipinski definition) is 2. The van der Waals surface area contributed by atoms with Crippen LogP contribution in [0, 0.1) is 17.8 Å². The number of fused-ring (bicyclic) bond motifs is 4. The smallest absolute Gasteiger partial charge is 0.101 e. The molecule has 3 heterocycles. The molecule has 0 radical (unpaired) electrons. The SMILES string of the molecule is c1ccc(C2(c3cccc4c3[nH]c3ccccc34)C(C3CCCCC3)=C(C3CCCC3)N(C3CCC3)C2(c2cc3ccccc3[nH]2)C2CC2)cc1. The van der Waals surface area contributed by atoms with Gasteiger partial charge in [-0.3, -0.25) is 0 Å². The van der Waals surface area contributed by atoms with E-state index in [0.717, 1.165) is 0 Å². The van der Waals surface area contributed by atoms with Crippen molar-refractivity contribution in [2.45, 2.75) is 107 Å². The predicted molar refractivity (Wildman–Crippen MR) is 211 cm³/mol. The number of allylic oxidation sites excluding steroid dienone is 1. The van der Waals surface area contributed by atoms with Gasteiger partial charge in [0.2, 0.25) is 0 Å². The maximum Gasteiger partial charge on any atom is 0.101 e. The lowest BCUT2D eigenvalue weighted by Crippen LogP contribution is -2.62. The van der Waals surface area contributed by atoms with Crippen LogP contribution in [0.1, 0.15) is 107 Å². The molecule has 0 bridgehead atoms. The molecule has 5 aliphatic rings. The molecule has 2 aromatic heterocycles. The summed E-state index contributed by atoms with van der Waals surface area (Å²) in [4.78, 5) is 11.6. The molecule has 51 heavy (non-hydrogen) atoms. The number of rotatable bonds is 7. The topological polar surface area (TPSA) is 34.8 Å². The Morgan fingerprint density at radius 3 is 1.98 bits per heavy atom. The van der Waals surface area contributed by atoms with Crippen LogP contribution >= 0.6 is 0 Å². The molecule has 4 saturated carbocycles. The van der Waals surface area contributed by atoms with Crippen LogP contribution in [0.2, 0.25) is 0 Å². The fourth-order valence-corrected chi connectivity index (χ4v) is 12.1. The van der Waals surface area contributed by atoms with E-state index in [9.17, 15) is 0 Å². The molecule has 258 valence electrons. The van der Waals surface area contributed by atoms with Gasteiger partial charge >= 0.3 is 0 Å². The highest BCUT2D eigenvalue weighted by molar-refractivity contribution is 6.09. The minimum absolute atomic E-state index is 0.255. The summed E-state index contributed by atoms with van der Waals surface area (Å²) in [5.74, 6) is 1.78. The molecule has 3 nitrogen and oxygen atoms in total. The number of H-pyrrole nitrogens is 2. The number of benzene rings is 4. The van der Waals surface area contributed by atoms with E-state index < -0.39 is 0 Å². The third-order valence-corrected chi connectivity index (χ3v) is 14.3. The lowest BCUT2D eigenvalue weighted by molar-refractivity contribution is -0.00307. The van der Waals surface area contributed by atoms with Gasteiger partial charge in [0.15, 0.2) is 0 Å². The van der Waals surface area contributed by atoms with Gasteiger partial charge in [-0.25, -0.2) is 0 Å². The average molecular weight is 670 g/mol. The molecule has 4 aliphatic carbocycles. The Morgan fingerprint density at radius 1 is 0.549 bits per heavy atom. The minimum Gasteiger partial charge on any atom is -0.358 e. The molecule has 2 atom stereocenters. The quantitative estimate of drug-likeness (QED) is 0.174. The standard InChI is InChI=1S/C48H51N3/c1-3-15-32(16-4-1)44-46(33-17-7-8-18-33)51(37-22-13-23-37)48(36-29-30-36,43-31-34-19-9-11-27-41(34)49-43)47(44,35-20-5-2-6-21-35)40-26-14-25-39-38-24-10-12-28-42(38)50-45(39)40/h2,5-6,9-12,14,19-21,24-28,31-33,36-37,49-50H,1,3-4,7-8,13,15-18,22-23,29-30H2. The highest BCUT2D eigenvalue weighted by atomic mass is 15.3. The first kappa shape index (κ1) is 30.4. The Bertz CT molecular complexity index is 2240. The van der Waals surface area contributed by atoms with Crippen molar-refractivity contribution < 1.29 is 0 Å². The van der Waals surface area contributed by atoms with E-state index >= 15 is 0 Å². The number of aromatic amines is 2. The van der Waals surface area contributed by atoms with Crippen molar-refractivity contribution in [3.8, 4) is 0 Å². The molecular formula is C48H51N3. The molecule has 0 spiro atoms. The van der Waals surface area contributed by atoms with Gasteiger partial charge in [-0.05, 0) is 116 Å². The van der Waals surface area contributed by atoms with Gasteiger partial charge in [0.1, 0.15) is 5.54 Å². The Labute approximate surface area is 302 Å². The third kappa shape index (κ3) is 4.18. The highest BCUT2D eigenvalue weighted by Crippen LogP contribution is 2.73. The van der Waals surface area contributed by atoms with Gasteiger partial charge in [-0.1, -0.05) is 117 Å². The Balaban J connectivity index is 1.37. The first-order valence-electron chi connectivity index (χ1n) is 20.5. The number of para-hydroxylation sites is 3. The first-order valence-corrected chi connectivity index (χ1v) is 20.5. The zero-order valence-corrected chi connectivity index (χ0v) is 30.0. The Kier molecular flexibility index (Phi) is 6.93. The second-order valence-electron chi connectivity index (χ2n) is 16.9. The van der Waals surface area contributed by atoms with E-state index in [2.05, 4.69) is 118 Å². The van der Waals surface area contributed by atoms with Gasteiger partial charge in [0.05, 0.1) is 10.9 Å². The molecule has 0 saturated heterocycles. The molecule has 11 rings (SSSR count). The van der Waals surface area contributed by atoms with Gasteiger partial charge < -0.3 is 14.9 Å². The second-order valence-corrected chi connectivity index (χ2v) is 16.9. The first-order chi connectivity index (χ1) is 25.3. The third-order valence-electron chi connectivity index (χ3n) is 14.3. The molecule has 2 N–H and O–H groups in total. The molecule has 1 aliphatic heterocycles. The van der Waals surface area contributed by atoms with Gasteiger partial charge in [0, 0.05) is 39.2 Å². The van der Waals surface area contributed by atoms with Crippen molar-refractivity contribution in [3.63, 3.8) is 0 Å². The van der Waals surface area contributed by atoms with E-state index in [0.29, 0.717) is 23.8 Å². The van der Waals surface area contributed by atoms with E-state index in [4.69, 9.17) is 0 Å². The largest absolute Gasteiger partial charge is 0.358 e. The van der Waals surface area contributed by atoms with Crippen molar-refractivity contribution in [1.29, 1.82) is 0 Å². The molecule has 3 heteroatoms. The number of hydrogen-bond acceptors (Lipinski definition) is 1. The summed E-state index contributed by atoms with van der Waals surface area (Å²) in [6, 6.07) is 40.7. The summed E-state index contributed by atoms with van der Waals surface area (Å²) in [5, 5.41) is 4.06. The van der Waals surface area contributed by atoms with Crippen LogP contribution < -0.4 is 0 Å². The number of nitrogens with zero attached hydrogens (tertiary/aromatic N) is 1. The number of aromatic nitrogens is 2. The van der Waals surface area contributed by atoms with E-state index in [-0.39, 0.29) is 11.0 Å². The van der Waals surface area contributed by atoms with E-state index in [1.54, 1.807) is 5.70 Å². The zero-order valence-electron chi connectivity index (χ0n) is 30.0. The van der Waals surface area contributed by atoms with Gasteiger partial charge in [-0.2, -0.15) is 0 Å². The van der Waals surface area contributed by atoms with Gasteiger partial charge in [-0.15, -0.1) is 0 Å². The second kappa shape index (κ2) is 11.6. The van der Waals surface area contributed by atoms with Crippen molar-refractivity contribution in [2.75, 3.05) is 0 Å². The molecule has 4 aromatic carbocycles. The summed E-state index contributed by atoms with van der Waals surface area (Å²) >= 11 is 0. The van der Waals surface area contributed by atoms with Crippen LogP contribution in [-0.4, -0.2) is 20.9 Å². The fraction of sp³-hybridized carbons (Fsp3) is 0.417. The summed E-state index contributed by atoms with van der Waals surface area (Å²) in [6.07, 6.45) is 18.6. The Morgan fingerprint density at radius 2 is 1.24 bits per heavy atom. The van der Waals surface area contributed by atoms with Crippen LogP contribution in [0.3, 0.4) is 0 Å². The summed E-state index contributed by atoms with van der Waals surface area (Å²) in [6.45, 7) is 0. The zero-order chi connectivity index (χ0) is 33.6. The maximum atomic E-state index is 4.26. The van der Waals surface area contributed by atoms with Crippen LogP contribution in [-0.2, 0) is 11.0 Å².